The molecule has 0 radical (unpaired) electrons. The van der Waals surface area contributed by atoms with Gasteiger partial charge in [0.15, 0.2) is 0 Å². The van der Waals surface area contributed by atoms with E-state index in [1.54, 1.807) is 0 Å². The summed E-state index contributed by atoms with van der Waals surface area (Å²) in [6.45, 7) is 1.58. The van der Waals surface area contributed by atoms with Crippen molar-refractivity contribution >= 4 is 5.97 Å². The number of carbonyl (C=O) groups excluding carboxylic acids is 1. The molecular formula is C9H12O3. The van der Waals surface area contributed by atoms with Gasteiger partial charge in [-0.2, -0.15) is 0 Å². The second-order valence-electron chi connectivity index (χ2n) is 4.02. The van der Waals surface area contributed by atoms with Crippen molar-refractivity contribution in [2.75, 3.05) is 13.2 Å². The molecule has 3 aliphatic heterocycles. The number of fused-ring (bicyclic) bond motifs is 2. The van der Waals surface area contributed by atoms with Crippen molar-refractivity contribution in [2.24, 2.45) is 17.8 Å². The van der Waals surface area contributed by atoms with Crippen molar-refractivity contribution in [1.29, 1.82) is 0 Å². The molecule has 4 aliphatic rings. The predicted molar refractivity (Wildman–Crippen MR) is 40.4 cm³/mol. The van der Waals surface area contributed by atoms with Crippen LogP contribution in [0.1, 0.15) is 12.8 Å². The summed E-state index contributed by atoms with van der Waals surface area (Å²) < 4.78 is 10.7. The van der Waals surface area contributed by atoms with Gasteiger partial charge >= 0.3 is 5.97 Å². The highest BCUT2D eigenvalue weighted by molar-refractivity contribution is 5.74. The van der Waals surface area contributed by atoms with Gasteiger partial charge < -0.3 is 9.47 Å². The van der Waals surface area contributed by atoms with Crippen LogP contribution in [0.15, 0.2) is 0 Å². The molecule has 0 aromatic carbocycles. The maximum atomic E-state index is 11.3. The fraction of sp³-hybridized carbons (Fsp3) is 0.889. The van der Waals surface area contributed by atoms with Gasteiger partial charge in [0.2, 0.25) is 0 Å². The summed E-state index contributed by atoms with van der Waals surface area (Å²) in [7, 11) is 0. The largest absolute Gasteiger partial charge is 0.462 e. The van der Waals surface area contributed by atoms with E-state index in [4.69, 9.17) is 9.47 Å². The van der Waals surface area contributed by atoms with Crippen LogP contribution in [0.25, 0.3) is 0 Å². The first-order valence-corrected chi connectivity index (χ1v) is 4.64. The van der Waals surface area contributed by atoms with E-state index in [0.29, 0.717) is 11.8 Å². The smallest absolute Gasteiger partial charge is 0.309 e. The van der Waals surface area contributed by atoms with E-state index in [1.165, 1.54) is 0 Å². The van der Waals surface area contributed by atoms with Crippen molar-refractivity contribution in [3.63, 3.8) is 0 Å². The van der Waals surface area contributed by atoms with Crippen LogP contribution < -0.4 is 0 Å². The zero-order valence-corrected chi connectivity index (χ0v) is 6.86. The summed E-state index contributed by atoms with van der Waals surface area (Å²) in [4.78, 5) is 11.3. The zero-order valence-electron chi connectivity index (χ0n) is 6.86. The third kappa shape index (κ3) is 0.724. The highest BCUT2D eigenvalue weighted by Gasteiger charge is 2.52. The first kappa shape index (κ1) is 6.89. The topological polar surface area (TPSA) is 35.5 Å². The minimum Gasteiger partial charge on any atom is -0.462 e. The lowest BCUT2D eigenvalue weighted by Crippen LogP contribution is -2.49. The Morgan fingerprint density at radius 1 is 1.17 bits per heavy atom. The van der Waals surface area contributed by atoms with Gasteiger partial charge in [-0.1, -0.05) is 0 Å². The summed E-state index contributed by atoms with van der Waals surface area (Å²) in [5, 5.41) is 0. The summed E-state index contributed by atoms with van der Waals surface area (Å²) in [6.07, 6.45) is 2.25. The van der Waals surface area contributed by atoms with Gasteiger partial charge in [-0.15, -0.1) is 0 Å². The van der Waals surface area contributed by atoms with E-state index in [9.17, 15) is 4.79 Å². The van der Waals surface area contributed by atoms with Gasteiger partial charge in [0.25, 0.3) is 0 Å². The number of ether oxygens (including phenoxy) is 2. The molecule has 66 valence electrons. The van der Waals surface area contributed by atoms with Crippen LogP contribution in [0.4, 0.5) is 0 Å². The third-order valence-corrected chi connectivity index (χ3v) is 3.50. The van der Waals surface area contributed by atoms with Crippen LogP contribution in [0.3, 0.4) is 0 Å². The monoisotopic (exact) mass is 168 g/mol. The highest BCUT2D eigenvalue weighted by atomic mass is 16.6. The van der Waals surface area contributed by atoms with E-state index < -0.39 is 0 Å². The fourth-order valence-corrected chi connectivity index (χ4v) is 2.83. The third-order valence-electron chi connectivity index (χ3n) is 3.50. The molecular weight excluding hydrogens is 156 g/mol. The second kappa shape index (κ2) is 2.22. The van der Waals surface area contributed by atoms with E-state index in [1.807, 2.05) is 0 Å². The van der Waals surface area contributed by atoms with Gasteiger partial charge in [-0.05, 0) is 12.8 Å². The van der Waals surface area contributed by atoms with Gasteiger partial charge in [-0.3, -0.25) is 4.79 Å². The molecule has 4 rings (SSSR count). The molecule has 3 heteroatoms. The van der Waals surface area contributed by atoms with Crippen molar-refractivity contribution in [3.05, 3.63) is 0 Å². The standard InChI is InChI=1S/C9H12O3/c10-9-5-1-2-8(12-9)7-4-11-3-6(5)7/h5-8H,1-4H2/t5-,6+,7+,8+/m0/s1. The summed E-state index contributed by atoms with van der Waals surface area (Å²) in [6, 6.07) is 0. The van der Waals surface area contributed by atoms with Crippen LogP contribution >= 0.6 is 0 Å². The average molecular weight is 168 g/mol. The van der Waals surface area contributed by atoms with Crippen molar-refractivity contribution < 1.29 is 14.3 Å². The average Bonchev–Trinajstić information content (AvgIpc) is 2.53. The number of esters is 1. The van der Waals surface area contributed by atoms with E-state index in [2.05, 4.69) is 0 Å². The van der Waals surface area contributed by atoms with Gasteiger partial charge in [0, 0.05) is 11.8 Å². The molecule has 12 heavy (non-hydrogen) atoms. The Hall–Kier alpha value is -0.570. The Morgan fingerprint density at radius 2 is 2.00 bits per heavy atom. The number of carbonyl (C=O) groups is 1. The lowest BCUT2D eigenvalue weighted by atomic mass is 9.70. The lowest BCUT2D eigenvalue weighted by molar-refractivity contribution is -0.180. The Morgan fingerprint density at radius 3 is 2.83 bits per heavy atom. The van der Waals surface area contributed by atoms with E-state index >= 15 is 0 Å². The summed E-state index contributed by atoms with van der Waals surface area (Å²) in [5.41, 5.74) is 0. The van der Waals surface area contributed by atoms with Crippen molar-refractivity contribution in [2.45, 2.75) is 18.9 Å². The molecule has 0 amide bonds. The Balaban J connectivity index is 1.94. The molecule has 3 saturated heterocycles. The molecule has 3 nitrogen and oxygen atoms in total. The molecule has 0 aromatic heterocycles. The van der Waals surface area contributed by atoms with Crippen LogP contribution in [0.5, 0.6) is 0 Å². The van der Waals surface area contributed by atoms with Crippen LogP contribution in [0, 0.1) is 17.8 Å². The molecule has 1 aliphatic carbocycles. The molecule has 4 atom stereocenters. The van der Waals surface area contributed by atoms with Crippen LogP contribution in [-0.2, 0) is 14.3 Å². The van der Waals surface area contributed by atoms with Crippen LogP contribution in [0.2, 0.25) is 0 Å². The lowest BCUT2D eigenvalue weighted by Gasteiger charge is -2.42. The molecule has 0 unspecified atom stereocenters. The summed E-state index contributed by atoms with van der Waals surface area (Å²) >= 11 is 0. The first-order valence-electron chi connectivity index (χ1n) is 4.64. The van der Waals surface area contributed by atoms with E-state index in [-0.39, 0.29) is 18.0 Å². The SMILES string of the molecule is O=C1O[C@@H]2CC[C@H]1[C@H]1COC[C@H]12. The van der Waals surface area contributed by atoms with Crippen LogP contribution in [-0.4, -0.2) is 25.3 Å². The first-order chi connectivity index (χ1) is 5.86. The molecule has 1 saturated carbocycles. The zero-order chi connectivity index (χ0) is 8.13. The summed E-state index contributed by atoms with van der Waals surface area (Å²) in [5.74, 6) is 1.17. The molecule has 3 heterocycles. The normalized spacial score (nSPS) is 50.5. The Kier molecular flexibility index (Phi) is 1.28. The Labute approximate surface area is 71.0 Å². The molecule has 0 spiro atoms. The molecule has 0 aromatic rings. The maximum absolute atomic E-state index is 11.3. The number of hydrogen-bond acceptors (Lipinski definition) is 3. The maximum Gasteiger partial charge on any atom is 0.309 e. The van der Waals surface area contributed by atoms with Gasteiger partial charge in [0.05, 0.1) is 19.1 Å². The number of hydrogen-bond donors (Lipinski definition) is 0. The van der Waals surface area contributed by atoms with Crippen molar-refractivity contribution in [3.8, 4) is 0 Å². The Bertz CT molecular complexity index is 226. The molecule has 4 fully saturated rings. The number of rotatable bonds is 0. The highest BCUT2D eigenvalue weighted by Crippen LogP contribution is 2.45. The minimum atomic E-state index is 0.0259. The predicted octanol–water partition coefficient (Wildman–Crippen LogP) is 0.584. The van der Waals surface area contributed by atoms with Gasteiger partial charge in [-0.25, -0.2) is 0 Å². The second-order valence-corrected chi connectivity index (χ2v) is 4.02. The fourth-order valence-electron chi connectivity index (χ4n) is 2.83. The quantitative estimate of drug-likeness (QED) is 0.496. The van der Waals surface area contributed by atoms with Gasteiger partial charge in [0.1, 0.15) is 6.10 Å². The minimum absolute atomic E-state index is 0.0259. The molecule has 2 bridgehead atoms. The van der Waals surface area contributed by atoms with E-state index in [0.717, 1.165) is 26.1 Å². The molecule has 0 N–H and O–H groups in total. The van der Waals surface area contributed by atoms with Crippen molar-refractivity contribution in [1.82, 2.24) is 0 Å².